The molecular weight excluding hydrogens is 180 g/mol. The fourth-order valence-corrected chi connectivity index (χ4v) is 1.19. The predicted octanol–water partition coefficient (Wildman–Crippen LogP) is 2.72. The first-order valence-electron chi connectivity index (χ1n) is 5.07. The molecule has 0 saturated heterocycles. The molecule has 0 spiro atoms. The highest BCUT2D eigenvalue weighted by Crippen LogP contribution is 2.14. The SMILES string of the molecule is CCCCC/C=C/C(OC)(OC)OC. The third-order valence-corrected chi connectivity index (χ3v) is 2.15. The third-order valence-electron chi connectivity index (χ3n) is 2.15. The molecule has 0 atom stereocenters. The maximum Gasteiger partial charge on any atom is 0.303 e. The second kappa shape index (κ2) is 7.97. The van der Waals surface area contributed by atoms with E-state index in [0.29, 0.717) is 0 Å². The molecule has 0 bridgehead atoms. The van der Waals surface area contributed by atoms with Crippen molar-refractivity contribution < 1.29 is 14.2 Å². The Bertz CT molecular complexity index is 142. The van der Waals surface area contributed by atoms with Gasteiger partial charge >= 0.3 is 5.97 Å². The summed E-state index contributed by atoms with van der Waals surface area (Å²) in [6.07, 6.45) is 8.56. The Morgan fingerprint density at radius 1 is 1.00 bits per heavy atom. The van der Waals surface area contributed by atoms with Crippen LogP contribution in [0.3, 0.4) is 0 Å². The Morgan fingerprint density at radius 3 is 2.00 bits per heavy atom. The minimum atomic E-state index is -1.01. The molecule has 0 heterocycles. The molecule has 0 aliphatic heterocycles. The van der Waals surface area contributed by atoms with Crippen LogP contribution in [0, 0.1) is 0 Å². The van der Waals surface area contributed by atoms with Gasteiger partial charge in [-0.25, -0.2) is 0 Å². The molecule has 0 aromatic heterocycles. The van der Waals surface area contributed by atoms with E-state index >= 15 is 0 Å². The van der Waals surface area contributed by atoms with Crippen LogP contribution in [0.1, 0.15) is 32.6 Å². The van der Waals surface area contributed by atoms with Gasteiger partial charge in [-0.2, -0.15) is 0 Å². The van der Waals surface area contributed by atoms with Crippen LogP contribution in [0.15, 0.2) is 12.2 Å². The van der Waals surface area contributed by atoms with Crippen molar-refractivity contribution in [1.82, 2.24) is 0 Å². The molecule has 0 fully saturated rings. The predicted molar refractivity (Wildman–Crippen MR) is 57.0 cm³/mol. The van der Waals surface area contributed by atoms with Crippen LogP contribution in [0.2, 0.25) is 0 Å². The lowest BCUT2D eigenvalue weighted by Crippen LogP contribution is -2.33. The summed E-state index contributed by atoms with van der Waals surface area (Å²) in [6, 6.07) is 0. The lowest BCUT2D eigenvalue weighted by molar-refractivity contribution is -0.318. The zero-order valence-corrected chi connectivity index (χ0v) is 9.71. The topological polar surface area (TPSA) is 27.7 Å². The maximum atomic E-state index is 5.11. The van der Waals surface area contributed by atoms with E-state index in [1.807, 2.05) is 12.2 Å². The molecule has 0 radical (unpaired) electrons. The van der Waals surface area contributed by atoms with Gasteiger partial charge in [0.25, 0.3) is 0 Å². The van der Waals surface area contributed by atoms with E-state index in [-0.39, 0.29) is 0 Å². The van der Waals surface area contributed by atoms with Crippen molar-refractivity contribution in [3.63, 3.8) is 0 Å². The first-order chi connectivity index (χ1) is 6.74. The van der Waals surface area contributed by atoms with Crippen LogP contribution >= 0.6 is 0 Å². The van der Waals surface area contributed by atoms with Crippen LogP contribution in [-0.4, -0.2) is 27.3 Å². The van der Waals surface area contributed by atoms with Crippen molar-refractivity contribution in [1.29, 1.82) is 0 Å². The molecule has 84 valence electrons. The summed E-state index contributed by atoms with van der Waals surface area (Å²) in [5, 5.41) is 0. The molecule has 0 rings (SSSR count). The summed E-state index contributed by atoms with van der Waals surface area (Å²) in [6.45, 7) is 2.19. The Morgan fingerprint density at radius 2 is 1.57 bits per heavy atom. The molecule has 14 heavy (non-hydrogen) atoms. The van der Waals surface area contributed by atoms with Crippen LogP contribution in [0.25, 0.3) is 0 Å². The van der Waals surface area contributed by atoms with Crippen molar-refractivity contribution >= 4 is 0 Å². The zero-order valence-electron chi connectivity index (χ0n) is 9.71. The first-order valence-corrected chi connectivity index (χ1v) is 5.07. The summed E-state index contributed by atoms with van der Waals surface area (Å²) in [5.41, 5.74) is 0. The molecule has 0 aromatic carbocycles. The Hall–Kier alpha value is -0.380. The molecule has 0 amide bonds. The minimum absolute atomic E-state index is 1.01. The minimum Gasteiger partial charge on any atom is -0.327 e. The first kappa shape index (κ1) is 13.6. The summed E-state index contributed by atoms with van der Waals surface area (Å²) in [4.78, 5) is 0. The van der Waals surface area contributed by atoms with E-state index in [2.05, 4.69) is 6.92 Å². The van der Waals surface area contributed by atoms with E-state index in [0.717, 1.165) is 6.42 Å². The van der Waals surface area contributed by atoms with Crippen LogP contribution in [0.4, 0.5) is 0 Å². The Kier molecular flexibility index (Phi) is 7.76. The highest BCUT2D eigenvalue weighted by atomic mass is 16.9. The number of hydrogen-bond donors (Lipinski definition) is 0. The normalized spacial score (nSPS) is 12.6. The number of ether oxygens (including phenoxy) is 3. The van der Waals surface area contributed by atoms with Gasteiger partial charge in [-0.1, -0.05) is 25.8 Å². The average Bonchev–Trinajstić information content (AvgIpc) is 2.24. The van der Waals surface area contributed by atoms with Gasteiger partial charge in [-0.05, 0) is 12.8 Å². The van der Waals surface area contributed by atoms with Gasteiger partial charge in [0.05, 0.1) is 0 Å². The Balaban J connectivity index is 3.90. The molecule has 0 aliphatic rings. The van der Waals surface area contributed by atoms with Gasteiger partial charge in [-0.15, -0.1) is 0 Å². The second-order valence-corrected chi connectivity index (χ2v) is 3.11. The second-order valence-electron chi connectivity index (χ2n) is 3.11. The lowest BCUT2D eigenvalue weighted by Gasteiger charge is -2.24. The molecular formula is C11H22O3. The molecule has 3 nitrogen and oxygen atoms in total. The molecule has 3 heteroatoms. The van der Waals surface area contributed by atoms with E-state index in [9.17, 15) is 0 Å². The fraction of sp³-hybridized carbons (Fsp3) is 0.818. The summed E-state index contributed by atoms with van der Waals surface area (Å²) >= 11 is 0. The largest absolute Gasteiger partial charge is 0.327 e. The zero-order chi connectivity index (χ0) is 10.9. The summed E-state index contributed by atoms with van der Waals surface area (Å²) in [7, 11) is 4.68. The molecule has 0 N–H and O–H groups in total. The number of hydrogen-bond acceptors (Lipinski definition) is 3. The van der Waals surface area contributed by atoms with Crippen molar-refractivity contribution in [2.75, 3.05) is 21.3 Å². The molecule has 0 aliphatic carbocycles. The van der Waals surface area contributed by atoms with E-state index in [4.69, 9.17) is 14.2 Å². The maximum absolute atomic E-state index is 5.11. The lowest BCUT2D eigenvalue weighted by atomic mass is 10.2. The van der Waals surface area contributed by atoms with Gasteiger partial charge in [0.2, 0.25) is 0 Å². The standard InChI is InChI=1S/C11H22O3/c1-5-6-7-8-9-10-11(12-2,13-3)14-4/h9-10H,5-8H2,1-4H3/b10-9+. The van der Waals surface area contributed by atoms with Crippen LogP contribution < -0.4 is 0 Å². The van der Waals surface area contributed by atoms with Gasteiger partial charge in [-0.3, -0.25) is 0 Å². The highest BCUT2D eigenvalue weighted by Gasteiger charge is 2.24. The molecule has 0 aromatic rings. The van der Waals surface area contributed by atoms with E-state index in [1.165, 1.54) is 19.3 Å². The van der Waals surface area contributed by atoms with Gasteiger partial charge in [0.15, 0.2) is 0 Å². The third kappa shape index (κ3) is 4.74. The van der Waals surface area contributed by atoms with E-state index < -0.39 is 5.97 Å². The van der Waals surface area contributed by atoms with Crippen molar-refractivity contribution in [2.24, 2.45) is 0 Å². The highest BCUT2D eigenvalue weighted by molar-refractivity contribution is 4.90. The van der Waals surface area contributed by atoms with Crippen molar-refractivity contribution in [2.45, 2.75) is 38.6 Å². The number of unbranched alkanes of at least 4 members (excludes halogenated alkanes) is 3. The molecule has 0 saturated carbocycles. The van der Waals surface area contributed by atoms with Gasteiger partial charge < -0.3 is 14.2 Å². The van der Waals surface area contributed by atoms with Crippen molar-refractivity contribution in [3.8, 4) is 0 Å². The number of allylic oxidation sites excluding steroid dienone is 1. The summed E-state index contributed by atoms with van der Waals surface area (Å²) < 4.78 is 15.3. The van der Waals surface area contributed by atoms with Crippen LogP contribution in [0.5, 0.6) is 0 Å². The Labute approximate surface area is 87.0 Å². The fourth-order valence-electron chi connectivity index (χ4n) is 1.19. The number of rotatable bonds is 8. The average molecular weight is 202 g/mol. The van der Waals surface area contributed by atoms with E-state index in [1.54, 1.807) is 21.3 Å². The summed E-state index contributed by atoms with van der Waals surface area (Å²) in [5.74, 6) is -1.01. The van der Waals surface area contributed by atoms with Gasteiger partial charge in [0, 0.05) is 27.4 Å². The van der Waals surface area contributed by atoms with Crippen molar-refractivity contribution in [3.05, 3.63) is 12.2 Å². The number of methoxy groups -OCH3 is 3. The van der Waals surface area contributed by atoms with Crippen LogP contribution in [-0.2, 0) is 14.2 Å². The molecule has 0 unspecified atom stereocenters. The quantitative estimate of drug-likeness (QED) is 0.344. The smallest absolute Gasteiger partial charge is 0.303 e. The monoisotopic (exact) mass is 202 g/mol. The van der Waals surface area contributed by atoms with Gasteiger partial charge in [0.1, 0.15) is 0 Å².